The van der Waals surface area contributed by atoms with Crippen LogP contribution in [0.15, 0.2) is 76.5 Å². The van der Waals surface area contributed by atoms with E-state index >= 15 is 0 Å². The minimum absolute atomic E-state index is 0.0710. The molecule has 11 nitrogen and oxygen atoms in total. The minimum Gasteiger partial charge on any atom is -0.744 e. The smallest absolute Gasteiger partial charge is 0.251 e. The molecule has 3 aromatic carbocycles. The van der Waals surface area contributed by atoms with E-state index in [1.54, 1.807) is 60.7 Å². The van der Waals surface area contributed by atoms with Crippen LogP contribution in [0, 0.1) is 0 Å². The van der Waals surface area contributed by atoms with E-state index in [2.05, 4.69) is 5.32 Å². The van der Waals surface area contributed by atoms with Crippen molar-refractivity contribution in [1.29, 1.82) is 0 Å². The van der Waals surface area contributed by atoms with Gasteiger partial charge in [-0.2, -0.15) is 0 Å². The maximum atomic E-state index is 12.4. The number of aliphatic hydroxyl groups is 3. The van der Waals surface area contributed by atoms with Gasteiger partial charge in [-0.15, -0.1) is 0 Å². The van der Waals surface area contributed by atoms with Crippen LogP contribution in [0.5, 0.6) is 0 Å². The van der Waals surface area contributed by atoms with Gasteiger partial charge in [0.1, 0.15) is 25.8 Å². The quantitative estimate of drug-likeness (QED) is 0.187. The highest BCUT2D eigenvalue weighted by molar-refractivity contribution is 7.86. The maximum Gasteiger partial charge on any atom is 0.251 e. The molecule has 0 radical (unpaired) electrons. The van der Waals surface area contributed by atoms with E-state index in [0.717, 1.165) is 23.3 Å². The third-order valence-electron chi connectivity index (χ3n) is 5.86. The topological polar surface area (TPSA) is 204 Å². The Balaban J connectivity index is 1.71. The van der Waals surface area contributed by atoms with Crippen LogP contribution < -0.4 is 5.32 Å². The second-order valence-electron chi connectivity index (χ2n) is 8.77. The number of benzene rings is 3. The molecule has 0 spiro atoms. The van der Waals surface area contributed by atoms with E-state index in [-0.39, 0.29) is 11.1 Å². The summed E-state index contributed by atoms with van der Waals surface area (Å²) in [5.74, 6) is -0.567. The van der Waals surface area contributed by atoms with Gasteiger partial charge in [0.25, 0.3) is 5.91 Å². The van der Waals surface area contributed by atoms with Crippen molar-refractivity contribution in [1.82, 2.24) is 5.32 Å². The third-order valence-corrected chi connectivity index (χ3v) is 7.59. The average molecular weight is 588 g/mol. The summed E-state index contributed by atoms with van der Waals surface area (Å²) in [5, 5.41) is 30.5. The van der Waals surface area contributed by atoms with E-state index in [4.69, 9.17) is 0 Å². The predicted molar refractivity (Wildman–Crippen MR) is 145 cm³/mol. The zero-order valence-corrected chi connectivity index (χ0v) is 22.4. The average Bonchev–Trinajstić information content (AvgIpc) is 2.93. The van der Waals surface area contributed by atoms with Crippen molar-refractivity contribution in [2.75, 3.05) is 19.8 Å². The van der Waals surface area contributed by atoms with Crippen molar-refractivity contribution in [2.24, 2.45) is 0 Å². The number of rotatable bonds is 11. The molecule has 0 aliphatic heterocycles. The number of amides is 1. The first kappa shape index (κ1) is 30.8. The van der Waals surface area contributed by atoms with Crippen LogP contribution in [0.2, 0.25) is 0 Å². The first-order valence-corrected chi connectivity index (χ1v) is 14.4. The Morgan fingerprint density at radius 1 is 0.700 bits per heavy atom. The molecule has 0 saturated heterocycles. The van der Waals surface area contributed by atoms with Gasteiger partial charge in [0.05, 0.1) is 29.6 Å². The summed E-state index contributed by atoms with van der Waals surface area (Å²) in [5.41, 5.74) is 0.896. The largest absolute Gasteiger partial charge is 0.744 e. The lowest BCUT2D eigenvalue weighted by molar-refractivity contribution is 0.0375. The lowest BCUT2D eigenvalue weighted by Crippen LogP contribution is -2.57. The van der Waals surface area contributed by atoms with Gasteiger partial charge >= 0.3 is 0 Å². The summed E-state index contributed by atoms with van der Waals surface area (Å²) >= 11 is 0. The SMILES string of the molecule is O=C(NC(CO)(CO)CO)c1ccc(/C=C/c2ccc(/C=C/c3ccc(S(=O)(=O)[O-])cc3S(=O)(=O)[O-])cc2)cc1. The van der Waals surface area contributed by atoms with Crippen molar-refractivity contribution in [3.05, 3.63) is 94.5 Å². The fourth-order valence-corrected chi connectivity index (χ4v) is 4.72. The number of carbonyl (C=O) groups excluding carboxylic acids is 1. The van der Waals surface area contributed by atoms with Crippen molar-refractivity contribution in [3.63, 3.8) is 0 Å². The van der Waals surface area contributed by atoms with Crippen LogP contribution in [0.1, 0.15) is 32.6 Å². The maximum absolute atomic E-state index is 12.4. The van der Waals surface area contributed by atoms with Gasteiger partial charge in [-0.05, 0) is 46.5 Å². The second-order valence-corrected chi connectivity index (χ2v) is 11.5. The highest BCUT2D eigenvalue weighted by Crippen LogP contribution is 2.23. The third kappa shape index (κ3) is 7.92. The summed E-state index contributed by atoms with van der Waals surface area (Å²) < 4.78 is 68.3. The molecule has 0 aliphatic rings. The summed E-state index contributed by atoms with van der Waals surface area (Å²) in [6.45, 7) is -1.90. The van der Waals surface area contributed by atoms with Crippen molar-refractivity contribution in [3.8, 4) is 0 Å². The monoisotopic (exact) mass is 587 g/mol. The Hall–Kier alpha value is -3.69. The summed E-state index contributed by atoms with van der Waals surface area (Å²) in [4.78, 5) is 10.7. The number of nitrogens with one attached hydrogen (secondary N) is 1. The Morgan fingerprint density at radius 3 is 1.57 bits per heavy atom. The molecule has 0 bridgehead atoms. The minimum atomic E-state index is -5.05. The number of hydrogen-bond acceptors (Lipinski definition) is 10. The van der Waals surface area contributed by atoms with E-state index in [9.17, 15) is 46.1 Å². The van der Waals surface area contributed by atoms with Crippen molar-refractivity contribution in [2.45, 2.75) is 15.3 Å². The lowest BCUT2D eigenvalue weighted by atomic mass is 10.0. The molecule has 0 aromatic heterocycles. The number of carbonyl (C=O) groups is 1. The standard InChI is InChI=1S/C27H27NO10S2/c29-16-27(17-30,18-31)28-26(32)23-11-8-21(9-12-23)6-3-19-1-4-20(5-2-19)7-10-22-13-14-24(39(33,34)35)15-25(22)40(36,37)38/h1-15,29-31H,16-18H2,(H,28,32)(H,33,34,35)(H,36,37,38)/p-2/b6-3+,10-7+. The molecule has 0 heterocycles. The molecule has 0 aliphatic carbocycles. The lowest BCUT2D eigenvalue weighted by Gasteiger charge is -2.28. The predicted octanol–water partition coefficient (Wildman–Crippen LogP) is 1.28. The van der Waals surface area contributed by atoms with E-state index in [1.807, 2.05) is 0 Å². The van der Waals surface area contributed by atoms with Crippen LogP contribution in [-0.2, 0) is 20.2 Å². The molecule has 212 valence electrons. The van der Waals surface area contributed by atoms with Gasteiger partial charge in [-0.25, -0.2) is 16.8 Å². The van der Waals surface area contributed by atoms with Gasteiger partial charge in [0, 0.05) is 5.56 Å². The Morgan fingerprint density at radius 2 is 1.15 bits per heavy atom. The molecule has 0 unspecified atom stereocenters. The van der Waals surface area contributed by atoms with Crippen LogP contribution in [0.25, 0.3) is 24.3 Å². The van der Waals surface area contributed by atoms with Crippen LogP contribution in [-0.4, -0.2) is 72.5 Å². The van der Waals surface area contributed by atoms with E-state index in [1.165, 1.54) is 12.2 Å². The fourth-order valence-electron chi connectivity index (χ4n) is 3.45. The summed E-state index contributed by atoms with van der Waals surface area (Å²) in [6.07, 6.45) is 6.44. The summed E-state index contributed by atoms with van der Waals surface area (Å²) in [6, 6.07) is 16.0. The molecule has 40 heavy (non-hydrogen) atoms. The molecule has 3 rings (SSSR count). The molecule has 3 aromatic rings. The van der Waals surface area contributed by atoms with Crippen LogP contribution >= 0.6 is 0 Å². The van der Waals surface area contributed by atoms with Crippen molar-refractivity contribution >= 4 is 50.4 Å². The highest BCUT2D eigenvalue weighted by atomic mass is 32.2. The molecule has 1 amide bonds. The normalized spacial score (nSPS) is 12.7. The second kappa shape index (κ2) is 12.7. The number of hydrogen-bond donors (Lipinski definition) is 4. The molecule has 0 saturated carbocycles. The van der Waals surface area contributed by atoms with Crippen LogP contribution in [0.3, 0.4) is 0 Å². The Labute approximate surface area is 231 Å². The molecule has 0 atom stereocenters. The van der Waals surface area contributed by atoms with E-state index < -0.39 is 61.3 Å². The zero-order chi connectivity index (χ0) is 29.6. The van der Waals surface area contributed by atoms with Gasteiger partial charge in [0.15, 0.2) is 0 Å². The Kier molecular flexibility index (Phi) is 9.76. The van der Waals surface area contributed by atoms with Gasteiger partial charge < -0.3 is 29.7 Å². The first-order chi connectivity index (χ1) is 18.8. The first-order valence-electron chi connectivity index (χ1n) is 11.6. The molecule has 4 N–H and O–H groups in total. The van der Waals surface area contributed by atoms with Gasteiger partial charge in [-0.3, -0.25) is 4.79 Å². The molecular formula is C27H25NO10S2-2. The van der Waals surface area contributed by atoms with Crippen LogP contribution in [0.4, 0.5) is 0 Å². The Bertz CT molecular complexity index is 1620. The summed E-state index contributed by atoms with van der Waals surface area (Å²) in [7, 11) is -9.99. The molecular weight excluding hydrogens is 562 g/mol. The van der Waals surface area contributed by atoms with Gasteiger partial charge in [-0.1, -0.05) is 66.8 Å². The fraction of sp³-hybridized carbons (Fsp3) is 0.148. The van der Waals surface area contributed by atoms with E-state index in [0.29, 0.717) is 11.6 Å². The zero-order valence-electron chi connectivity index (χ0n) is 20.8. The highest BCUT2D eigenvalue weighted by Gasteiger charge is 2.30. The van der Waals surface area contributed by atoms with Gasteiger partial charge in [0.2, 0.25) is 0 Å². The van der Waals surface area contributed by atoms with Crippen molar-refractivity contribution < 1.29 is 46.1 Å². The molecule has 13 heteroatoms. The number of aliphatic hydroxyl groups excluding tert-OH is 3. The molecule has 0 fully saturated rings.